The Morgan fingerprint density at radius 3 is 2.55 bits per heavy atom. The lowest BCUT2D eigenvalue weighted by Crippen LogP contribution is -2.37. The smallest absolute Gasteiger partial charge is 0.459 e. The standard InChI is InChI=1S/C24H33N6O7P/c1-13(2)36-24(33)15(4)29-38(34,37-16-8-6-5-7-9-16)35-10-17-14(3)19(21(32)20(17)31)30-12-28-18-22(25)26-11-27-23(18)30/h5-9,11-15,17,19-21,31-32H,10H2,1-4H3,(H,29,34)(H2,25,26,27)/t14?,15-,17?,19+,20+,21-,38?/m0/s1. The van der Waals surface area contributed by atoms with Gasteiger partial charge in [0, 0.05) is 5.92 Å². The molecule has 1 aliphatic rings. The van der Waals surface area contributed by atoms with E-state index in [1.54, 1.807) is 48.7 Å². The van der Waals surface area contributed by atoms with E-state index in [4.69, 9.17) is 19.5 Å². The zero-order valence-corrected chi connectivity index (χ0v) is 22.4. The summed E-state index contributed by atoms with van der Waals surface area (Å²) in [5, 5.41) is 24.5. The minimum atomic E-state index is -4.15. The number of carbonyl (C=O) groups excluding carboxylic acids is 1. The Labute approximate surface area is 219 Å². The monoisotopic (exact) mass is 548 g/mol. The average Bonchev–Trinajstić information content (AvgIpc) is 3.37. The SMILES string of the molecule is CC(C)OC(=O)[C@H](C)NP(=O)(OCC1C(C)[C@@H](n2cnc3c(N)ncnc32)[C@H](O)[C@@H]1O)Oc1ccccc1. The van der Waals surface area contributed by atoms with E-state index < -0.39 is 43.9 Å². The highest BCUT2D eigenvalue weighted by molar-refractivity contribution is 7.52. The summed E-state index contributed by atoms with van der Waals surface area (Å²) in [5.41, 5.74) is 6.69. The normalized spacial score (nSPS) is 25.8. The van der Waals surface area contributed by atoms with E-state index >= 15 is 0 Å². The molecule has 13 nitrogen and oxygen atoms in total. The Kier molecular flexibility index (Phi) is 8.34. The van der Waals surface area contributed by atoms with Crippen LogP contribution >= 0.6 is 7.75 Å². The number of esters is 1. The van der Waals surface area contributed by atoms with Crippen molar-refractivity contribution in [2.45, 2.75) is 58.1 Å². The van der Waals surface area contributed by atoms with Crippen LogP contribution in [0.5, 0.6) is 5.75 Å². The molecule has 4 rings (SSSR count). The summed E-state index contributed by atoms with van der Waals surface area (Å²) < 4.78 is 32.1. The van der Waals surface area contributed by atoms with Crippen LogP contribution in [0.2, 0.25) is 0 Å². The third-order valence-electron chi connectivity index (χ3n) is 6.52. The second kappa shape index (κ2) is 11.3. The van der Waals surface area contributed by atoms with Crippen molar-refractivity contribution >= 4 is 30.7 Å². The number of carbonyl (C=O) groups is 1. The zero-order chi connectivity index (χ0) is 27.6. The largest absolute Gasteiger partial charge is 0.462 e. The van der Waals surface area contributed by atoms with Crippen LogP contribution in [0, 0.1) is 11.8 Å². The summed E-state index contributed by atoms with van der Waals surface area (Å²) in [7, 11) is -4.15. The van der Waals surface area contributed by atoms with Gasteiger partial charge < -0.3 is 29.8 Å². The van der Waals surface area contributed by atoms with Crippen LogP contribution in [0.3, 0.4) is 0 Å². The molecule has 5 N–H and O–H groups in total. The maximum absolute atomic E-state index is 13.8. The highest BCUT2D eigenvalue weighted by Crippen LogP contribution is 2.48. The predicted molar refractivity (Wildman–Crippen MR) is 138 cm³/mol. The summed E-state index contributed by atoms with van der Waals surface area (Å²) in [6.07, 6.45) is 0.000447. The molecule has 38 heavy (non-hydrogen) atoms. The molecular weight excluding hydrogens is 515 g/mol. The number of fused-ring (bicyclic) bond motifs is 1. The summed E-state index contributed by atoms with van der Waals surface area (Å²) in [5.74, 6) is -1.20. The Morgan fingerprint density at radius 2 is 1.87 bits per heavy atom. The maximum Gasteiger partial charge on any atom is 0.459 e. The number of para-hydroxylation sites is 1. The lowest BCUT2D eigenvalue weighted by molar-refractivity contribution is -0.149. The number of nitrogens with two attached hydrogens (primary N) is 1. The van der Waals surface area contributed by atoms with Crippen LogP contribution in [0.1, 0.15) is 33.7 Å². The number of hydrogen-bond donors (Lipinski definition) is 4. The molecule has 0 radical (unpaired) electrons. The Hall–Kier alpha value is -3.09. The van der Waals surface area contributed by atoms with E-state index in [-0.39, 0.29) is 30.2 Å². The molecule has 0 bridgehead atoms. The molecule has 1 saturated carbocycles. The number of aliphatic hydroxyl groups excluding tert-OH is 2. The molecule has 0 amide bonds. The fourth-order valence-electron chi connectivity index (χ4n) is 4.61. The number of hydrogen-bond acceptors (Lipinski definition) is 11. The number of benzene rings is 1. The first-order valence-corrected chi connectivity index (χ1v) is 13.8. The molecule has 2 aromatic heterocycles. The Bertz CT molecular complexity index is 1310. The molecule has 0 aliphatic heterocycles. The second-order valence-corrected chi connectivity index (χ2v) is 11.3. The van der Waals surface area contributed by atoms with Gasteiger partial charge in [0.25, 0.3) is 0 Å². The summed E-state index contributed by atoms with van der Waals surface area (Å²) >= 11 is 0. The number of anilines is 1. The van der Waals surface area contributed by atoms with Gasteiger partial charge in [0.1, 0.15) is 29.7 Å². The summed E-state index contributed by atoms with van der Waals surface area (Å²) in [4.78, 5) is 24.8. The lowest BCUT2D eigenvalue weighted by Gasteiger charge is -2.26. The minimum absolute atomic E-state index is 0.199. The Morgan fingerprint density at radius 1 is 1.16 bits per heavy atom. The third-order valence-corrected chi connectivity index (χ3v) is 8.17. The fraction of sp³-hybridized carbons (Fsp3) is 0.500. The number of nitrogens with one attached hydrogen (secondary N) is 1. The second-order valence-electron chi connectivity index (χ2n) is 9.61. The number of nitrogen functional groups attached to an aromatic ring is 1. The number of imidazole rings is 1. The number of rotatable bonds is 10. The van der Waals surface area contributed by atoms with Crippen LogP contribution in [0.25, 0.3) is 11.2 Å². The fourth-order valence-corrected chi connectivity index (χ4v) is 6.13. The van der Waals surface area contributed by atoms with Crippen molar-refractivity contribution in [1.29, 1.82) is 0 Å². The first-order chi connectivity index (χ1) is 18.0. The molecule has 14 heteroatoms. The van der Waals surface area contributed by atoms with Crippen molar-refractivity contribution < 1.29 is 33.4 Å². The average molecular weight is 549 g/mol. The molecule has 3 unspecified atom stereocenters. The lowest BCUT2D eigenvalue weighted by atomic mass is 9.95. The molecule has 7 atom stereocenters. The van der Waals surface area contributed by atoms with Gasteiger partial charge in [-0.25, -0.2) is 19.5 Å². The number of aromatic nitrogens is 4. The predicted octanol–water partition coefficient (Wildman–Crippen LogP) is 2.07. The van der Waals surface area contributed by atoms with E-state index in [1.165, 1.54) is 19.6 Å². The molecule has 206 valence electrons. The highest BCUT2D eigenvalue weighted by atomic mass is 31.2. The number of ether oxygens (including phenoxy) is 1. The van der Waals surface area contributed by atoms with Crippen molar-refractivity contribution in [2.24, 2.45) is 11.8 Å². The van der Waals surface area contributed by atoms with Crippen molar-refractivity contribution in [3.63, 3.8) is 0 Å². The number of nitrogens with zero attached hydrogens (tertiary/aromatic N) is 4. The van der Waals surface area contributed by atoms with Crippen molar-refractivity contribution in [2.75, 3.05) is 12.3 Å². The quantitative estimate of drug-likeness (QED) is 0.214. The van der Waals surface area contributed by atoms with Crippen LogP contribution in [0.4, 0.5) is 5.82 Å². The Balaban J connectivity index is 1.54. The van der Waals surface area contributed by atoms with Crippen molar-refractivity contribution in [1.82, 2.24) is 24.6 Å². The molecule has 0 spiro atoms. The van der Waals surface area contributed by atoms with Gasteiger partial charge in [0.05, 0.1) is 31.2 Å². The molecule has 1 aromatic carbocycles. The molecule has 1 fully saturated rings. The van der Waals surface area contributed by atoms with E-state index in [0.29, 0.717) is 11.2 Å². The number of aliphatic hydroxyl groups is 2. The first kappa shape index (κ1) is 27.9. The first-order valence-electron chi connectivity index (χ1n) is 12.3. The van der Waals surface area contributed by atoms with E-state index in [2.05, 4.69) is 20.0 Å². The van der Waals surface area contributed by atoms with Gasteiger partial charge in [-0.15, -0.1) is 0 Å². The third kappa shape index (κ3) is 5.82. The summed E-state index contributed by atoms with van der Waals surface area (Å²) in [6.45, 7) is 6.47. The zero-order valence-electron chi connectivity index (χ0n) is 21.5. The molecule has 2 heterocycles. The highest BCUT2D eigenvalue weighted by Gasteiger charge is 2.49. The van der Waals surface area contributed by atoms with E-state index in [1.807, 2.05) is 6.92 Å². The van der Waals surface area contributed by atoms with Crippen LogP contribution in [0.15, 0.2) is 43.0 Å². The van der Waals surface area contributed by atoms with Gasteiger partial charge in [-0.3, -0.25) is 9.32 Å². The van der Waals surface area contributed by atoms with Gasteiger partial charge in [0.2, 0.25) is 0 Å². The topological polar surface area (TPSA) is 184 Å². The van der Waals surface area contributed by atoms with Crippen LogP contribution in [-0.2, 0) is 18.6 Å². The van der Waals surface area contributed by atoms with Gasteiger partial charge in [-0.05, 0) is 38.8 Å². The molecule has 0 saturated heterocycles. The van der Waals surface area contributed by atoms with Gasteiger partial charge in [-0.2, -0.15) is 5.09 Å². The van der Waals surface area contributed by atoms with Crippen molar-refractivity contribution in [3.05, 3.63) is 43.0 Å². The maximum atomic E-state index is 13.8. The van der Waals surface area contributed by atoms with Gasteiger partial charge >= 0.3 is 13.7 Å². The van der Waals surface area contributed by atoms with E-state index in [9.17, 15) is 19.6 Å². The van der Waals surface area contributed by atoms with Gasteiger partial charge in [0.15, 0.2) is 11.5 Å². The van der Waals surface area contributed by atoms with Crippen molar-refractivity contribution in [3.8, 4) is 5.75 Å². The van der Waals surface area contributed by atoms with Crippen LogP contribution < -0.4 is 15.3 Å². The molecule has 1 aliphatic carbocycles. The van der Waals surface area contributed by atoms with Gasteiger partial charge in [-0.1, -0.05) is 25.1 Å². The molecule has 3 aromatic rings. The summed E-state index contributed by atoms with van der Waals surface area (Å²) in [6, 6.07) is 6.72. The van der Waals surface area contributed by atoms with Crippen LogP contribution in [-0.4, -0.2) is 66.7 Å². The molecular formula is C24H33N6O7P. The minimum Gasteiger partial charge on any atom is -0.462 e. The van der Waals surface area contributed by atoms with E-state index in [0.717, 1.165) is 0 Å².